The number of ether oxygens (including phenoxy) is 1. The van der Waals surface area contributed by atoms with Gasteiger partial charge in [-0.2, -0.15) is 0 Å². The minimum absolute atomic E-state index is 0.0452. The summed E-state index contributed by atoms with van der Waals surface area (Å²) in [6.07, 6.45) is 6.44. The molecule has 0 saturated carbocycles. The molecule has 0 bridgehead atoms. The maximum absolute atomic E-state index is 8.53. The molecule has 2 aromatic rings. The van der Waals surface area contributed by atoms with Crippen molar-refractivity contribution in [3.05, 3.63) is 59.2 Å². The molecule has 2 aliphatic rings. The number of likely N-dealkylation sites (tertiary alicyclic amines) is 1. The summed E-state index contributed by atoms with van der Waals surface area (Å²) in [7, 11) is 2.11. The minimum Gasteiger partial charge on any atom is -0.484 e. The molecule has 4 rings (SSSR count). The third kappa shape index (κ3) is 3.75. The van der Waals surface area contributed by atoms with Crippen molar-refractivity contribution in [1.29, 1.82) is 10.8 Å². The quantitative estimate of drug-likeness (QED) is 0.563. The van der Waals surface area contributed by atoms with E-state index in [0.29, 0.717) is 29.5 Å². The standard InChI is InChI=1S/C22H29N5O/c1-26-12-4-5-15(26)13-22(25)27-14-16(8-11-21(27)24)28-20-10-9-19(23)17-6-2-3-7-18(17)20/h2-3,6-8,11,14-15,19-20,24-25H,4-5,9-10,12-13,23H2,1H3. The van der Waals surface area contributed by atoms with Crippen LogP contribution >= 0.6 is 0 Å². The van der Waals surface area contributed by atoms with E-state index in [2.05, 4.69) is 24.1 Å². The highest BCUT2D eigenvalue weighted by molar-refractivity contribution is 5.82. The van der Waals surface area contributed by atoms with E-state index >= 15 is 0 Å². The maximum atomic E-state index is 8.53. The third-order valence-corrected chi connectivity index (χ3v) is 6.07. The van der Waals surface area contributed by atoms with Crippen molar-refractivity contribution in [2.24, 2.45) is 5.73 Å². The lowest BCUT2D eigenvalue weighted by Gasteiger charge is -2.30. The summed E-state index contributed by atoms with van der Waals surface area (Å²) in [5, 5.41) is 16.8. The monoisotopic (exact) mass is 379 g/mol. The molecule has 0 amide bonds. The van der Waals surface area contributed by atoms with Crippen molar-refractivity contribution in [2.45, 2.75) is 50.3 Å². The number of fused-ring (bicyclic) bond motifs is 1. The smallest absolute Gasteiger partial charge is 0.137 e. The molecule has 148 valence electrons. The predicted octanol–water partition coefficient (Wildman–Crippen LogP) is 3.19. The van der Waals surface area contributed by atoms with E-state index in [-0.39, 0.29) is 12.1 Å². The topological polar surface area (TPSA) is 91.1 Å². The molecule has 0 radical (unpaired) electrons. The lowest BCUT2D eigenvalue weighted by atomic mass is 9.86. The molecule has 0 spiro atoms. The zero-order valence-corrected chi connectivity index (χ0v) is 16.4. The molecule has 1 aliphatic heterocycles. The molecule has 1 fully saturated rings. The van der Waals surface area contributed by atoms with E-state index in [1.54, 1.807) is 16.8 Å². The molecule has 6 nitrogen and oxygen atoms in total. The Bertz CT molecular complexity index is 921. The van der Waals surface area contributed by atoms with E-state index in [1.807, 2.05) is 18.2 Å². The second-order valence-electron chi connectivity index (χ2n) is 7.97. The lowest BCUT2D eigenvalue weighted by molar-refractivity contribution is 0.176. The summed E-state index contributed by atoms with van der Waals surface area (Å²) in [6, 6.07) is 12.2. The van der Waals surface area contributed by atoms with E-state index in [4.69, 9.17) is 21.3 Å². The van der Waals surface area contributed by atoms with Crippen molar-refractivity contribution in [1.82, 2.24) is 9.47 Å². The highest BCUT2D eigenvalue weighted by Crippen LogP contribution is 2.37. The number of hydrogen-bond acceptors (Lipinski definition) is 5. The zero-order chi connectivity index (χ0) is 19.7. The summed E-state index contributed by atoms with van der Waals surface area (Å²) in [4.78, 5) is 2.31. The SMILES string of the molecule is CN1CCCC1CC(=N)n1cc(OC2CCC(N)c3ccccc32)ccc1=N. The molecular weight excluding hydrogens is 350 g/mol. The van der Waals surface area contributed by atoms with Gasteiger partial charge in [0.15, 0.2) is 0 Å². The summed E-state index contributed by atoms with van der Waals surface area (Å²) in [5.41, 5.74) is 8.86. The number of aromatic nitrogens is 1. The third-order valence-electron chi connectivity index (χ3n) is 6.07. The van der Waals surface area contributed by atoms with E-state index < -0.39 is 0 Å². The van der Waals surface area contributed by atoms with Crippen LogP contribution in [-0.4, -0.2) is 34.9 Å². The highest BCUT2D eigenvalue weighted by atomic mass is 16.5. The number of benzene rings is 1. The maximum Gasteiger partial charge on any atom is 0.137 e. The first kappa shape index (κ1) is 18.9. The highest BCUT2D eigenvalue weighted by Gasteiger charge is 2.26. The predicted molar refractivity (Wildman–Crippen MR) is 110 cm³/mol. The van der Waals surface area contributed by atoms with Gasteiger partial charge >= 0.3 is 0 Å². The van der Waals surface area contributed by atoms with Crippen molar-refractivity contribution < 1.29 is 4.74 Å². The van der Waals surface area contributed by atoms with Crippen LogP contribution in [-0.2, 0) is 0 Å². The average Bonchev–Trinajstić information content (AvgIpc) is 3.10. The molecule has 1 aliphatic carbocycles. The molecule has 6 heteroatoms. The van der Waals surface area contributed by atoms with E-state index in [1.165, 1.54) is 6.42 Å². The molecule has 2 heterocycles. The van der Waals surface area contributed by atoms with E-state index in [0.717, 1.165) is 36.9 Å². The van der Waals surface area contributed by atoms with Gasteiger partial charge < -0.3 is 15.4 Å². The van der Waals surface area contributed by atoms with Crippen LogP contribution in [0.2, 0.25) is 0 Å². The number of nitrogens with zero attached hydrogens (tertiary/aromatic N) is 2. The number of hydrogen-bond donors (Lipinski definition) is 3. The fraction of sp³-hybridized carbons (Fsp3) is 0.455. The van der Waals surface area contributed by atoms with Crippen LogP contribution in [0, 0.1) is 10.8 Å². The van der Waals surface area contributed by atoms with Crippen LogP contribution in [0.15, 0.2) is 42.6 Å². The molecule has 4 N–H and O–H groups in total. The summed E-state index contributed by atoms with van der Waals surface area (Å²) in [6.45, 7) is 1.09. The Hall–Kier alpha value is -2.44. The summed E-state index contributed by atoms with van der Waals surface area (Å²) >= 11 is 0. The summed E-state index contributed by atoms with van der Waals surface area (Å²) < 4.78 is 7.94. The normalized spacial score (nSPS) is 24.7. The second-order valence-corrected chi connectivity index (χ2v) is 7.97. The lowest BCUT2D eigenvalue weighted by Crippen LogP contribution is -2.33. The average molecular weight is 380 g/mol. The van der Waals surface area contributed by atoms with Crippen LogP contribution in [0.4, 0.5) is 0 Å². The van der Waals surface area contributed by atoms with Crippen LogP contribution in [0.25, 0.3) is 0 Å². The van der Waals surface area contributed by atoms with Crippen molar-refractivity contribution in [3.8, 4) is 5.75 Å². The van der Waals surface area contributed by atoms with Crippen LogP contribution in [0.3, 0.4) is 0 Å². The fourth-order valence-corrected chi connectivity index (χ4v) is 4.40. The molecule has 1 saturated heterocycles. The second kappa shape index (κ2) is 7.89. The van der Waals surface area contributed by atoms with Gasteiger partial charge in [0, 0.05) is 18.5 Å². The number of nitrogens with one attached hydrogen (secondary N) is 2. The van der Waals surface area contributed by atoms with Gasteiger partial charge in [-0.15, -0.1) is 0 Å². The molecule has 3 unspecified atom stereocenters. The van der Waals surface area contributed by atoms with Crippen LogP contribution in [0.5, 0.6) is 5.75 Å². The van der Waals surface area contributed by atoms with Crippen molar-refractivity contribution >= 4 is 5.84 Å². The first-order valence-electron chi connectivity index (χ1n) is 10.1. The first-order chi connectivity index (χ1) is 13.5. The van der Waals surface area contributed by atoms with Gasteiger partial charge in [0.1, 0.15) is 23.2 Å². The fourth-order valence-electron chi connectivity index (χ4n) is 4.40. The Morgan fingerprint density at radius 1 is 1.14 bits per heavy atom. The van der Waals surface area contributed by atoms with Crippen molar-refractivity contribution in [3.63, 3.8) is 0 Å². The number of pyridine rings is 1. The Kier molecular flexibility index (Phi) is 5.33. The van der Waals surface area contributed by atoms with Gasteiger partial charge in [-0.1, -0.05) is 24.3 Å². The van der Waals surface area contributed by atoms with Gasteiger partial charge in [0.05, 0.1) is 6.20 Å². The van der Waals surface area contributed by atoms with Crippen molar-refractivity contribution in [2.75, 3.05) is 13.6 Å². The van der Waals surface area contributed by atoms with Crippen LogP contribution < -0.4 is 16.0 Å². The Morgan fingerprint density at radius 3 is 2.68 bits per heavy atom. The van der Waals surface area contributed by atoms with Gasteiger partial charge in [-0.25, -0.2) is 0 Å². The Labute approximate surface area is 166 Å². The number of rotatable bonds is 4. The van der Waals surface area contributed by atoms with Gasteiger partial charge in [-0.3, -0.25) is 15.4 Å². The van der Waals surface area contributed by atoms with Gasteiger partial charge in [-0.05, 0) is 62.5 Å². The first-order valence-corrected chi connectivity index (χ1v) is 10.1. The van der Waals surface area contributed by atoms with Gasteiger partial charge in [0.25, 0.3) is 0 Å². The number of nitrogens with two attached hydrogens (primary N) is 1. The molecule has 28 heavy (non-hydrogen) atoms. The summed E-state index contributed by atoms with van der Waals surface area (Å²) in [5.74, 6) is 1.14. The largest absolute Gasteiger partial charge is 0.484 e. The van der Waals surface area contributed by atoms with Gasteiger partial charge in [0.2, 0.25) is 0 Å². The molecule has 1 aromatic heterocycles. The Balaban J connectivity index is 1.54. The van der Waals surface area contributed by atoms with E-state index in [9.17, 15) is 0 Å². The van der Waals surface area contributed by atoms with Crippen LogP contribution in [0.1, 0.15) is 55.4 Å². The minimum atomic E-state index is -0.0452. The Morgan fingerprint density at radius 2 is 1.93 bits per heavy atom. The molecular formula is C22H29N5O. The molecule has 3 atom stereocenters. The zero-order valence-electron chi connectivity index (χ0n) is 16.4. The molecule has 1 aromatic carbocycles.